The highest BCUT2D eigenvalue weighted by atomic mass is 19.1. The summed E-state index contributed by atoms with van der Waals surface area (Å²) in [5.41, 5.74) is 4.89. The van der Waals surface area contributed by atoms with Gasteiger partial charge in [-0.15, -0.1) is 0 Å². The SMILES string of the molecule is CCCCCCC[C@H]1CCc2c(ccc3c2CC[C@H](C(=O)Oc2cc(F)c(C#N)c(F)c2)C3)C1. The lowest BCUT2D eigenvalue weighted by molar-refractivity contribution is -0.139. The van der Waals surface area contributed by atoms with Crippen LogP contribution in [0.2, 0.25) is 0 Å². The Balaban J connectivity index is 1.37. The van der Waals surface area contributed by atoms with Crippen LogP contribution in [-0.4, -0.2) is 5.97 Å². The molecule has 34 heavy (non-hydrogen) atoms. The molecule has 0 aliphatic heterocycles. The molecule has 0 saturated carbocycles. The van der Waals surface area contributed by atoms with Gasteiger partial charge in [-0.3, -0.25) is 4.79 Å². The fourth-order valence-corrected chi connectivity index (χ4v) is 5.64. The number of carbonyl (C=O) groups excluding carboxylic acids is 1. The van der Waals surface area contributed by atoms with E-state index >= 15 is 0 Å². The normalized spacial score (nSPS) is 19.1. The maximum atomic E-state index is 13.9. The molecule has 0 heterocycles. The monoisotopic (exact) mass is 465 g/mol. The predicted octanol–water partition coefficient (Wildman–Crippen LogP) is 7.01. The van der Waals surface area contributed by atoms with Gasteiger partial charge < -0.3 is 4.74 Å². The zero-order valence-electron chi connectivity index (χ0n) is 20.0. The van der Waals surface area contributed by atoms with E-state index < -0.39 is 23.2 Å². The Morgan fingerprint density at radius 2 is 1.65 bits per heavy atom. The molecule has 0 saturated heterocycles. The summed E-state index contributed by atoms with van der Waals surface area (Å²) in [5.74, 6) is -2.28. The van der Waals surface area contributed by atoms with Gasteiger partial charge in [0, 0.05) is 12.1 Å². The minimum absolute atomic E-state index is 0.198. The fraction of sp³-hybridized carbons (Fsp3) is 0.517. The number of nitriles is 1. The summed E-state index contributed by atoms with van der Waals surface area (Å²) in [4.78, 5) is 12.7. The molecule has 0 N–H and O–H groups in total. The molecule has 2 aromatic rings. The minimum Gasteiger partial charge on any atom is -0.426 e. The minimum atomic E-state index is -1.02. The van der Waals surface area contributed by atoms with Crippen molar-refractivity contribution in [2.75, 3.05) is 0 Å². The molecule has 4 rings (SSSR count). The molecule has 0 aromatic heterocycles. The molecule has 0 amide bonds. The van der Waals surface area contributed by atoms with Gasteiger partial charge in [0.15, 0.2) is 0 Å². The number of fused-ring (bicyclic) bond motifs is 3. The molecule has 0 radical (unpaired) electrons. The van der Waals surface area contributed by atoms with E-state index in [4.69, 9.17) is 10.00 Å². The third kappa shape index (κ3) is 5.49. The van der Waals surface area contributed by atoms with E-state index in [1.807, 2.05) is 0 Å². The Bertz CT molecular complexity index is 1070. The van der Waals surface area contributed by atoms with Crippen molar-refractivity contribution in [3.05, 3.63) is 63.7 Å². The van der Waals surface area contributed by atoms with Gasteiger partial charge in [-0.2, -0.15) is 5.26 Å². The molecule has 2 atom stereocenters. The molecule has 180 valence electrons. The van der Waals surface area contributed by atoms with Gasteiger partial charge in [0.2, 0.25) is 0 Å². The fourth-order valence-electron chi connectivity index (χ4n) is 5.64. The molecule has 2 aromatic carbocycles. The number of hydrogen-bond donors (Lipinski definition) is 0. The number of halogens is 2. The van der Waals surface area contributed by atoms with Crippen molar-refractivity contribution in [2.45, 2.75) is 84.0 Å². The van der Waals surface area contributed by atoms with Crippen LogP contribution in [0, 0.1) is 34.8 Å². The number of rotatable bonds is 8. The van der Waals surface area contributed by atoms with E-state index in [9.17, 15) is 13.6 Å². The van der Waals surface area contributed by atoms with Gasteiger partial charge in [-0.25, -0.2) is 8.78 Å². The topological polar surface area (TPSA) is 50.1 Å². The number of nitrogens with zero attached hydrogens (tertiary/aromatic N) is 1. The van der Waals surface area contributed by atoms with Gasteiger partial charge in [0.1, 0.15) is 29.0 Å². The quantitative estimate of drug-likeness (QED) is 0.239. The molecule has 0 fully saturated rings. The van der Waals surface area contributed by atoms with Crippen molar-refractivity contribution in [3.8, 4) is 11.8 Å². The molecule has 2 aliphatic rings. The lowest BCUT2D eigenvalue weighted by atomic mass is 9.74. The average molecular weight is 466 g/mol. The van der Waals surface area contributed by atoms with Crippen LogP contribution in [0.15, 0.2) is 24.3 Å². The number of ether oxygens (including phenoxy) is 1. The Kier molecular flexibility index (Phi) is 7.98. The van der Waals surface area contributed by atoms with Gasteiger partial charge in [-0.1, -0.05) is 57.6 Å². The second kappa shape index (κ2) is 11.1. The number of esters is 1. The lowest BCUT2D eigenvalue weighted by Crippen LogP contribution is -2.28. The summed E-state index contributed by atoms with van der Waals surface area (Å²) in [6, 6.07) is 7.68. The van der Waals surface area contributed by atoms with Crippen LogP contribution in [0.5, 0.6) is 5.75 Å². The van der Waals surface area contributed by atoms with Crippen molar-refractivity contribution in [1.29, 1.82) is 5.26 Å². The summed E-state index contributed by atoms with van der Waals surface area (Å²) >= 11 is 0. The third-order valence-corrected chi connectivity index (χ3v) is 7.54. The highest BCUT2D eigenvalue weighted by Crippen LogP contribution is 2.37. The standard InChI is InChI=1S/C29H33F2NO2/c1-2-3-4-5-6-7-19-8-12-24-20(14-19)9-10-21-15-22(11-13-25(21)24)29(33)34-23-16-27(30)26(18-32)28(31)17-23/h9-10,16-17,19,22H,2-8,11-15H2,1H3/t19-,22-/m0/s1. The van der Waals surface area contributed by atoms with E-state index in [0.717, 1.165) is 37.3 Å². The van der Waals surface area contributed by atoms with Crippen molar-refractivity contribution in [2.24, 2.45) is 11.8 Å². The van der Waals surface area contributed by atoms with Crippen LogP contribution in [0.25, 0.3) is 0 Å². The van der Waals surface area contributed by atoms with Crippen molar-refractivity contribution in [3.63, 3.8) is 0 Å². The molecule has 0 unspecified atom stereocenters. The van der Waals surface area contributed by atoms with Gasteiger partial charge >= 0.3 is 5.97 Å². The first-order chi connectivity index (χ1) is 16.5. The predicted molar refractivity (Wildman–Crippen MR) is 128 cm³/mol. The second-order valence-electron chi connectivity index (χ2n) is 9.89. The van der Waals surface area contributed by atoms with Crippen molar-refractivity contribution in [1.82, 2.24) is 0 Å². The largest absolute Gasteiger partial charge is 0.426 e. The molecular weight excluding hydrogens is 432 g/mol. The van der Waals surface area contributed by atoms with E-state index in [0.29, 0.717) is 12.8 Å². The number of carbonyl (C=O) groups is 1. The zero-order chi connectivity index (χ0) is 24.1. The van der Waals surface area contributed by atoms with Gasteiger partial charge in [0.25, 0.3) is 0 Å². The van der Waals surface area contributed by atoms with Crippen molar-refractivity contribution >= 4 is 5.97 Å². The van der Waals surface area contributed by atoms with Crippen LogP contribution < -0.4 is 4.74 Å². The van der Waals surface area contributed by atoms with Crippen LogP contribution in [0.1, 0.15) is 86.1 Å². The molecule has 0 spiro atoms. The summed E-state index contributed by atoms with van der Waals surface area (Å²) in [6.45, 7) is 2.25. The third-order valence-electron chi connectivity index (χ3n) is 7.54. The van der Waals surface area contributed by atoms with Crippen molar-refractivity contribution < 1.29 is 18.3 Å². The number of hydrogen-bond acceptors (Lipinski definition) is 3. The molecule has 5 heteroatoms. The lowest BCUT2D eigenvalue weighted by Gasteiger charge is -2.31. The Morgan fingerprint density at radius 3 is 2.32 bits per heavy atom. The maximum absolute atomic E-state index is 13.9. The first-order valence-electron chi connectivity index (χ1n) is 12.7. The summed E-state index contributed by atoms with van der Waals surface area (Å²) in [6.07, 6.45) is 13.6. The maximum Gasteiger partial charge on any atom is 0.314 e. The molecule has 3 nitrogen and oxygen atoms in total. The number of benzene rings is 2. The highest BCUT2D eigenvalue weighted by molar-refractivity contribution is 5.76. The molecule has 2 aliphatic carbocycles. The van der Waals surface area contributed by atoms with E-state index in [1.54, 1.807) is 0 Å². The van der Waals surface area contributed by atoms with Gasteiger partial charge in [-0.05, 0) is 66.7 Å². The highest BCUT2D eigenvalue weighted by Gasteiger charge is 2.30. The van der Waals surface area contributed by atoms with Gasteiger partial charge in [0.05, 0.1) is 5.92 Å². The first kappa shape index (κ1) is 24.4. The van der Waals surface area contributed by atoms with Crippen LogP contribution in [0.3, 0.4) is 0 Å². The average Bonchev–Trinajstić information content (AvgIpc) is 2.83. The van der Waals surface area contributed by atoms with Crippen LogP contribution in [-0.2, 0) is 30.5 Å². The summed E-state index contributed by atoms with van der Waals surface area (Å²) < 4.78 is 33.0. The van der Waals surface area contributed by atoms with E-state index in [1.165, 1.54) is 73.3 Å². The first-order valence-corrected chi connectivity index (χ1v) is 12.7. The Labute approximate surface area is 201 Å². The van der Waals surface area contributed by atoms with Crippen LogP contribution in [0.4, 0.5) is 8.78 Å². The zero-order valence-corrected chi connectivity index (χ0v) is 20.0. The van der Waals surface area contributed by atoms with E-state index in [2.05, 4.69) is 19.1 Å². The molecule has 0 bridgehead atoms. The number of unbranched alkanes of at least 4 members (excludes halogenated alkanes) is 4. The second-order valence-corrected chi connectivity index (χ2v) is 9.89. The Morgan fingerprint density at radius 1 is 1.00 bits per heavy atom. The molecular formula is C29H33F2NO2. The summed E-state index contributed by atoms with van der Waals surface area (Å²) in [5, 5.41) is 8.80. The summed E-state index contributed by atoms with van der Waals surface area (Å²) in [7, 11) is 0. The Hall–Kier alpha value is -2.74. The smallest absolute Gasteiger partial charge is 0.314 e. The van der Waals surface area contributed by atoms with E-state index in [-0.39, 0.29) is 11.7 Å². The van der Waals surface area contributed by atoms with Crippen LogP contribution >= 0.6 is 0 Å².